The molecule has 0 radical (unpaired) electrons. The third kappa shape index (κ3) is 9.96. The van der Waals surface area contributed by atoms with E-state index in [1.807, 2.05) is 0 Å². The minimum atomic E-state index is -0.887. The lowest BCUT2D eigenvalue weighted by atomic mass is 10.1. The van der Waals surface area contributed by atoms with Gasteiger partial charge in [0.25, 0.3) is 0 Å². The van der Waals surface area contributed by atoms with E-state index in [1.165, 1.54) is 9.80 Å². The largest absolute Gasteiger partial charge is 0.444 e. The highest BCUT2D eigenvalue weighted by molar-refractivity contribution is 6.00. The summed E-state index contributed by atoms with van der Waals surface area (Å²) < 4.78 is 21.4. The number of carbonyl (C=O) groups is 8. The standard InChI is InChI=1S/C34H52N6O12/c1-21(35-15-25(41)39(26(42)16-35)19-49-29(45)23-11-9-13-37(23)31(47)51-33(3,4)5)22(2)36-17-27(43)40(28(44)18-36)20-50-30(46)24-12-10-14-38(24)32(48)52-34(6,7)8/h21-24H,9-20H2,1-8H3. The molecule has 18 heteroatoms. The van der Waals surface area contributed by atoms with Crippen molar-refractivity contribution in [2.24, 2.45) is 0 Å². The van der Waals surface area contributed by atoms with Gasteiger partial charge in [0.2, 0.25) is 23.6 Å². The Labute approximate surface area is 303 Å². The number of ether oxygens (including phenoxy) is 4. The van der Waals surface area contributed by atoms with E-state index in [2.05, 4.69) is 0 Å². The molecule has 0 N–H and O–H groups in total. The highest BCUT2D eigenvalue weighted by atomic mass is 16.6. The SMILES string of the molecule is CC(C(C)N1CC(=O)N(COC(=O)C2CCCN2C(=O)OC(C)(C)C)C(=O)C1)N1CC(=O)N(COC(=O)C2CCCN2C(=O)OC(C)(C)C)C(=O)C1. The number of nitrogens with zero attached hydrogens (tertiary/aromatic N) is 6. The molecule has 6 amide bonds. The number of imide groups is 2. The van der Waals surface area contributed by atoms with Gasteiger partial charge in [-0.25, -0.2) is 29.0 Å². The first-order valence-corrected chi connectivity index (χ1v) is 17.6. The van der Waals surface area contributed by atoms with Crippen molar-refractivity contribution >= 4 is 47.8 Å². The van der Waals surface area contributed by atoms with E-state index < -0.39 is 96.6 Å². The molecule has 0 bridgehead atoms. The van der Waals surface area contributed by atoms with E-state index in [1.54, 1.807) is 65.2 Å². The molecule has 4 saturated heterocycles. The Bertz CT molecular complexity index is 1300. The van der Waals surface area contributed by atoms with Crippen LogP contribution in [0.5, 0.6) is 0 Å². The van der Waals surface area contributed by atoms with Crippen molar-refractivity contribution in [2.75, 3.05) is 52.7 Å². The quantitative estimate of drug-likeness (QED) is 0.184. The second-order valence-electron chi connectivity index (χ2n) is 15.6. The molecule has 0 aromatic rings. The maximum atomic E-state index is 13.1. The highest BCUT2D eigenvalue weighted by Crippen LogP contribution is 2.24. The molecule has 4 aliphatic heterocycles. The molecule has 0 saturated carbocycles. The number of piperazine rings is 2. The summed E-state index contributed by atoms with van der Waals surface area (Å²) in [6.45, 7) is 12.6. The third-order valence-corrected chi connectivity index (χ3v) is 9.39. The minimum Gasteiger partial charge on any atom is -0.444 e. The Morgan fingerprint density at radius 1 is 0.596 bits per heavy atom. The fraction of sp³-hybridized carbons (Fsp3) is 0.765. The second-order valence-corrected chi connectivity index (χ2v) is 15.6. The highest BCUT2D eigenvalue weighted by Gasteiger charge is 2.43. The van der Waals surface area contributed by atoms with E-state index >= 15 is 0 Å². The van der Waals surface area contributed by atoms with Crippen LogP contribution in [0.25, 0.3) is 0 Å². The van der Waals surface area contributed by atoms with Crippen LogP contribution in [0.4, 0.5) is 9.59 Å². The molecule has 4 atom stereocenters. The first-order valence-electron chi connectivity index (χ1n) is 17.6. The zero-order chi connectivity index (χ0) is 38.7. The fourth-order valence-electron chi connectivity index (χ4n) is 6.45. The third-order valence-electron chi connectivity index (χ3n) is 9.39. The first kappa shape index (κ1) is 40.5. The summed E-state index contributed by atoms with van der Waals surface area (Å²) in [5.41, 5.74) is -1.50. The zero-order valence-corrected chi connectivity index (χ0v) is 31.4. The lowest BCUT2D eigenvalue weighted by Crippen LogP contribution is -2.63. The van der Waals surface area contributed by atoms with Gasteiger partial charge in [0.15, 0.2) is 13.5 Å². The Kier molecular flexibility index (Phi) is 12.6. The Hall–Kier alpha value is -4.32. The molecule has 4 aliphatic rings. The molecule has 4 rings (SSSR count). The van der Waals surface area contributed by atoms with Gasteiger partial charge in [0.1, 0.15) is 23.3 Å². The van der Waals surface area contributed by atoms with Gasteiger partial charge in [0, 0.05) is 25.2 Å². The van der Waals surface area contributed by atoms with Gasteiger partial charge in [-0.05, 0) is 81.1 Å². The number of carbonyl (C=O) groups excluding carboxylic acids is 8. The first-order chi connectivity index (χ1) is 24.2. The topological polar surface area (TPSA) is 193 Å². The normalized spacial score (nSPS) is 23.5. The van der Waals surface area contributed by atoms with Gasteiger partial charge in [-0.3, -0.25) is 38.8 Å². The van der Waals surface area contributed by atoms with E-state index in [9.17, 15) is 38.4 Å². The van der Waals surface area contributed by atoms with E-state index in [0.717, 1.165) is 9.80 Å². The van der Waals surface area contributed by atoms with Crippen LogP contribution in [0.3, 0.4) is 0 Å². The molecule has 18 nitrogen and oxygen atoms in total. The van der Waals surface area contributed by atoms with Crippen LogP contribution < -0.4 is 0 Å². The molecule has 0 aliphatic carbocycles. The number of hydrogen-bond donors (Lipinski definition) is 0. The van der Waals surface area contributed by atoms with Crippen molar-refractivity contribution in [1.82, 2.24) is 29.4 Å². The summed E-state index contributed by atoms with van der Waals surface area (Å²) in [6, 6.07) is -2.68. The fourth-order valence-corrected chi connectivity index (χ4v) is 6.45. The van der Waals surface area contributed by atoms with Crippen LogP contribution in [0.15, 0.2) is 0 Å². The van der Waals surface area contributed by atoms with Gasteiger partial charge in [-0.1, -0.05) is 0 Å². The van der Waals surface area contributed by atoms with Crippen molar-refractivity contribution in [3.8, 4) is 0 Å². The second kappa shape index (κ2) is 16.1. The van der Waals surface area contributed by atoms with Crippen LogP contribution >= 0.6 is 0 Å². The monoisotopic (exact) mass is 736 g/mol. The van der Waals surface area contributed by atoms with Crippen LogP contribution in [-0.2, 0) is 47.7 Å². The van der Waals surface area contributed by atoms with Crippen molar-refractivity contribution in [3.05, 3.63) is 0 Å². The number of esters is 2. The lowest BCUT2D eigenvalue weighted by Gasteiger charge is -2.43. The van der Waals surface area contributed by atoms with Crippen LogP contribution in [0.1, 0.15) is 81.1 Å². The molecule has 290 valence electrons. The Morgan fingerprint density at radius 3 is 1.19 bits per heavy atom. The van der Waals surface area contributed by atoms with Gasteiger partial charge in [-0.15, -0.1) is 0 Å². The number of hydrogen-bond acceptors (Lipinski definition) is 14. The van der Waals surface area contributed by atoms with Gasteiger partial charge in [-0.2, -0.15) is 0 Å². The summed E-state index contributed by atoms with van der Waals surface area (Å²) in [5, 5.41) is 0. The molecule has 0 aromatic heterocycles. The summed E-state index contributed by atoms with van der Waals surface area (Å²) in [5.74, 6) is -3.85. The Morgan fingerprint density at radius 2 is 0.904 bits per heavy atom. The van der Waals surface area contributed by atoms with Gasteiger partial charge >= 0.3 is 24.1 Å². The predicted octanol–water partition coefficient (Wildman–Crippen LogP) is 0.905. The smallest absolute Gasteiger partial charge is 0.411 e. The van der Waals surface area contributed by atoms with Crippen molar-refractivity contribution in [1.29, 1.82) is 0 Å². The van der Waals surface area contributed by atoms with Crippen molar-refractivity contribution < 1.29 is 57.3 Å². The zero-order valence-electron chi connectivity index (χ0n) is 31.4. The van der Waals surface area contributed by atoms with Gasteiger partial charge in [0.05, 0.1) is 26.2 Å². The molecule has 4 unspecified atom stereocenters. The summed E-state index contributed by atoms with van der Waals surface area (Å²) >= 11 is 0. The Balaban J connectivity index is 1.25. The summed E-state index contributed by atoms with van der Waals surface area (Å²) in [7, 11) is 0. The van der Waals surface area contributed by atoms with Crippen LogP contribution in [0, 0.1) is 0 Å². The molecular formula is C34H52N6O12. The lowest BCUT2D eigenvalue weighted by molar-refractivity contribution is -0.170. The number of likely N-dealkylation sites (tertiary alicyclic amines) is 2. The van der Waals surface area contributed by atoms with Crippen LogP contribution in [0.2, 0.25) is 0 Å². The number of rotatable bonds is 9. The van der Waals surface area contributed by atoms with Crippen LogP contribution in [-0.4, -0.2) is 165 Å². The number of amides is 6. The average Bonchev–Trinajstić information content (AvgIpc) is 3.72. The summed E-state index contributed by atoms with van der Waals surface area (Å²) in [6.07, 6.45) is 0.586. The maximum absolute atomic E-state index is 13.1. The molecule has 0 aromatic carbocycles. The van der Waals surface area contributed by atoms with Crippen molar-refractivity contribution in [3.63, 3.8) is 0 Å². The molecular weight excluding hydrogens is 684 g/mol. The van der Waals surface area contributed by atoms with E-state index in [0.29, 0.717) is 38.8 Å². The molecule has 0 spiro atoms. The molecule has 4 heterocycles. The molecule has 4 fully saturated rings. The van der Waals surface area contributed by atoms with Crippen molar-refractivity contribution in [2.45, 2.75) is 116 Å². The summed E-state index contributed by atoms with van der Waals surface area (Å²) in [4.78, 5) is 111. The van der Waals surface area contributed by atoms with E-state index in [-0.39, 0.29) is 26.2 Å². The van der Waals surface area contributed by atoms with E-state index in [4.69, 9.17) is 18.9 Å². The average molecular weight is 737 g/mol. The molecule has 52 heavy (non-hydrogen) atoms. The predicted molar refractivity (Wildman–Crippen MR) is 180 cm³/mol. The van der Waals surface area contributed by atoms with Gasteiger partial charge < -0.3 is 18.9 Å². The minimum absolute atomic E-state index is 0.179. The maximum Gasteiger partial charge on any atom is 0.411 e.